The van der Waals surface area contributed by atoms with Crippen molar-refractivity contribution in [2.45, 2.75) is 12.5 Å². The Morgan fingerprint density at radius 1 is 1.60 bits per heavy atom. The maximum Gasteiger partial charge on any atom is 0.292 e. The van der Waals surface area contributed by atoms with Gasteiger partial charge in [0.2, 0.25) is 5.91 Å². The fourth-order valence-corrected chi connectivity index (χ4v) is 1.94. The third-order valence-corrected chi connectivity index (χ3v) is 2.86. The molecule has 0 radical (unpaired) electrons. The highest BCUT2D eigenvalue weighted by molar-refractivity contribution is 5.93. The third-order valence-electron chi connectivity index (χ3n) is 2.86. The van der Waals surface area contributed by atoms with Crippen molar-refractivity contribution in [3.05, 3.63) is 34.1 Å². The van der Waals surface area contributed by atoms with Crippen molar-refractivity contribution in [2.24, 2.45) is 0 Å². The molecule has 1 saturated heterocycles. The van der Waals surface area contributed by atoms with Gasteiger partial charge in [-0.25, -0.2) is 4.39 Å². The van der Waals surface area contributed by atoms with Gasteiger partial charge in [0.1, 0.15) is 11.5 Å². The Kier molecular flexibility index (Phi) is 4.59. The molecule has 1 aliphatic heterocycles. The normalized spacial score (nSPS) is 18.6. The number of halogens is 1. The second kappa shape index (κ2) is 6.40. The maximum absolute atomic E-state index is 13.1. The van der Waals surface area contributed by atoms with Crippen LogP contribution in [0.25, 0.3) is 0 Å². The molecule has 8 heteroatoms. The van der Waals surface area contributed by atoms with Gasteiger partial charge in [-0.1, -0.05) is 0 Å². The lowest BCUT2D eigenvalue weighted by molar-refractivity contribution is -0.384. The fourth-order valence-electron chi connectivity index (χ4n) is 1.94. The number of rotatable bonds is 4. The Balaban J connectivity index is 2.03. The van der Waals surface area contributed by atoms with E-state index in [2.05, 4.69) is 10.6 Å². The summed E-state index contributed by atoms with van der Waals surface area (Å²) in [6, 6.07) is 2.79. The predicted octanol–water partition coefficient (Wildman–Crippen LogP) is 1.05. The molecule has 7 nitrogen and oxygen atoms in total. The molecular formula is C12H14FN3O4. The Labute approximate surface area is 114 Å². The Morgan fingerprint density at radius 2 is 2.40 bits per heavy atom. The Bertz CT molecular complexity index is 517. The van der Waals surface area contributed by atoms with E-state index in [0.29, 0.717) is 19.8 Å². The zero-order chi connectivity index (χ0) is 14.5. The highest BCUT2D eigenvalue weighted by Gasteiger charge is 2.20. The van der Waals surface area contributed by atoms with Gasteiger partial charge in [0, 0.05) is 31.1 Å². The van der Waals surface area contributed by atoms with Crippen LogP contribution in [0.15, 0.2) is 18.2 Å². The summed E-state index contributed by atoms with van der Waals surface area (Å²) in [4.78, 5) is 21.9. The first-order chi connectivity index (χ1) is 9.56. The molecule has 20 heavy (non-hydrogen) atoms. The molecule has 1 aromatic rings. The minimum absolute atomic E-state index is 0.105. The van der Waals surface area contributed by atoms with Gasteiger partial charge in [0.15, 0.2) is 0 Å². The van der Waals surface area contributed by atoms with Crippen LogP contribution in [0, 0.1) is 15.9 Å². The summed E-state index contributed by atoms with van der Waals surface area (Å²) in [6.45, 7) is 1.64. The topological polar surface area (TPSA) is 93.5 Å². The number of hydrogen-bond acceptors (Lipinski definition) is 5. The van der Waals surface area contributed by atoms with Gasteiger partial charge < -0.3 is 15.4 Å². The first kappa shape index (κ1) is 14.4. The van der Waals surface area contributed by atoms with Crippen molar-refractivity contribution in [3.8, 4) is 0 Å². The molecule has 0 saturated carbocycles. The number of anilines is 1. The van der Waals surface area contributed by atoms with Crippen molar-refractivity contribution in [1.29, 1.82) is 0 Å². The van der Waals surface area contributed by atoms with Crippen LogP contribution in [-0.4, -0.2) is 36.6 Å². The zero-order valence-corrected chi connectivity index (χ0v) is 10.6. The lowest BCUT2D eigenvalue weighted by Crippen LogP contribution is -2.43. The average Bonchev–Trinajstić information content (AvgIpc) is 2.39. The number of nitrogens with zero attached hydrogens (tertiary/aromatic N) is 1. The highest BCUT2D eigenvalue weighted by Crippen LogP contribution is 2.25. The first-order valence-electron chi connectivity index (χ1n) is 6.11. The van der Waals surface area contributed by atoms with E-state index >= 15 is 0 Å². The SMILES string of the molecule is O=C(CC1COCCN1)Nc1cc(F)ccc1[N+](=O)[O-]. The fraction of sp³-hybridized carbons (Fsp3) is 0.417. The number of morpholine rings is 1. The molecule has 2 N–H and O–H groups in total. The zero-order valence-electron chi connectivity index (χ0n) is 10.6. The van der Waals surface area contributed by atoms with Crippen molar-refractivity contribution >= 4 is 17.3 Å². The van der Waals surface area contributed by atoms with Crippen LogP contribution in [0.5, 0.6) is 0 Å². The molecule has 1 heterocycles. The number of hydrogen-bond donors (Lipinski definition) is 2. The summed E-state index contributed by atoms with van der Waals surface area (Å²) in [5.41, 5.74) is -0.482. The van der Waals surface area contributed by atoms with Gasteiger partial charge in [0.05, 0.1) is 18.1 Å². The highest BCUT2D eigenvalue weighted by atomic mass is 19.1. The van der Waals surface area contributed by atoms with E-state index in [1.165, 1.54) is 0 Å². The molecule has 1 unspecified atom stereocenters. The van der Waals surface area contributed by atoms with Gasteiger partial charge >= 0.3 is 0 Å². The molecule has 2 rings (SSSR count). The number of carbonyl (C=O) groups is 1. The van der Waals surface area contributed by atoms with E-state index < -0.39 is 16.6 Å². The molecule has 108 valence electrons. The van der Waals surface area contributed by atoms with Gasteiger partial charge in [-0.05, 0) is 6.07 Å². The summed E-state index contributed by atoms with van der Waals surface area (Å²) in [5.74, 6) is -1.08. The number of carbonyl (C=O) groups excluding carboxylic acids is 1. The van der Waals surface area contributed by atoms with Crippen LogP contribution in [0.3, 0.4) is 0 Å². The lowest BCUT2D eigenvalue weighted by atomic mass is 10.2. The molecule has 0 spiro atoms. The largest absolute Gasteiger partial charge is 0.378 e. The molecule has 0 aliphatic carbocycles. The molecule has 1 amide bonds. The second-order valence-corrected chi connectivity index (χ2v) is 4.40. The quantitative estimate of drug-likeness (QED) is 0.636. The monoisotopic (exact) mass is 283 g/mol. The van der Waals surface area contributed by atoms with Crippen molar-refractivity contribution in [2.75, 3.05) is 25.1 Å². The number of nitro benzene ring substituents is 1. The second-order valence-electron chi connectivity index (χ2n) is 4.40. The van der Waals surface area contributed by atoms with E-state index in [0.717, 1.165) is 18.2 Å². The molecule has 0 aromatic heterocycles. The lowest BCUT2D eigenvalue weighted by Gasteiger charge is -2.23. The minimum Gasteiger partial charge on any atom is -0.378 e. The number of ether oxygens (including phenoxy) is 1. The van der Waals surface area contributed by atoms with Gasteiger partial charge in [-0.3, -0.25) is 14.9 Å². The van der Waals surface area contributed by atoms with Crippen LogP contribution in [0.4, 0.5) is 15.8 Å². The van der Waals surface area contributed by atoms with E-state index in [1.54, 1.807) is 0 Å². The van der Waals surface area contributed by atoms with Crippen molar-refractivity contribution < 1.29 is 18.8 Å². The first-order valence-corrected chi connectivity index (χ1v) is 6.11. The number of nitrogens with one attached hydrogen (secondary N) is 2. The van der Waals surface area contributed by atoms with Gasteiger partial charge in [0.25, 0.3) is 5.69 Å². The van der Waals surface area contributed by atoms with Crippen LogP contribution in [0.2, 0.25) is 0 Å². The molecule has 1 aromatic carbocycles. The van der Waals surface area contributed by atoms with Crippen LogP contribution >= 0.6 is 0 Å². The third kappa shape index (κ3) is 3.72. The van der Waals surface area contributed by atoms with Crippen LogP contribution in [0.1, 0.15) is 6.42 Å². The van der Waals surface area contributed by atoms with E-state index in [-0.39, 0.29) is 23.8 Å². The summed E-state index contributed by atoms with van der Waals surface area (Å²) in [7, 11) is 0. The average molecular weight is 283 g/mol. The number of benzene rings is 1. The predicted molar refractivity (Wildman–Crippen MR) is 68.9 cm³/mol. The van der Waals surface area contributed by atoms with Gasteiger partial charge in [-0.15, -0.1) is 0 Å². The molecule has 1 aliphatic rings. The smallest absolute Gasteiger partial charge is 0.292 e. The summed E-state index contributed by atoms with van der Waals surface area (Å²) >= 11 is 0. The van der Waals surface area contributed by atoms with Crippen LogP contribution < -0.4 is 10.6 Å². The van der Waals surface area contributed by atoms with Gasteiger partial charge in [-0.2, -0.15) is 0 Å². The molecule has 1 fully saturated rings. The Morgan fingerprint density at radius 3 is 3.05 bits per heavy atom. The van der Waals surface area contributed by atoms with Crippen molar-refractivity contribution in [3.63, 3.8) is 0 Å². The molecule has 0 bridgehead atoms. The van der Waals surface area contributed by atoms with E-state index in [9.17, 15) is 19.3 Å². The number of nitro groups is 1. The maximum atomic E-state index is 13.1. The molecule has 1 atom stereocenters. The standard InChI is InChI=1S/C12H14FN3O4/c13-8-1-2-11(16(18)19)10(5-8)15-12(17)6-9-7-20-4-3-14-9/h1-2,5,9,14H,3-4,6-7H2,(H,15,17). The summed E-state index contributed by atoms with van der Waals surface area (Å²) in [6.07, 6.45) is 0.105. The number of amides is 1. The summed E-state index contributed by atoms with van der Waals surface area (Å²) < 4.78 is 18.3. The van der Waals surface area contributed by atoms with E-state index in [4.69, 9.17) is 4.74 Å². The van der Waals surface area contributed by atoms with Crippen LogP contribution in [-0.2, 0) is 9.53 Å². The van der Waals surface area contributed by atoms with E-state index in [1.807, 2.05) is 0 Å². The Hall–Kier alpha value is -2.06. The molecular weight excluding hydrogens is 269 g/mol. The van der Waals surface area contributed by atoms with Crippen molar-refractivity contribution in [1.82, 2.24) is 5.32 Å². The minimum atomic E-state index is -0.670. The summed E-state index contributed by atoms with van der Waals surface area (Å²) in [5, 5.41) is 16.3.